The summed E-state index contributed by atoms with van der Waals surface area (Å²) in [5.74, 6) is 0. The second-order valence-corrected chi connectivity index (χ2v) is 6.78. The summed E-state index contributed by atoms with van der Waals surface area (Å²) in [7, 11) is -1.60. The van der Waals surface area contributed by atoms with E-state index in [4.69, 9.17) is 0 Å². The smallest absolute Gasteiger partial charge is 0.301 e. The summed E-state index contributed by atoms with van der Waals surface area (Å²) in [6, 6.07) is 7.49. The average molecular weight is 297 g/mol. The molecule has 1 aromatic rings. The molecule has 1 fully saturated rings. The molecule has 112 valence electrons. The molecular formula is C14H23N3O2S. The number of para-hydroxylation sites is 1. The van der Waals surface area contributed by atoms with Crippen molar-refractivity contribution in [3.05, 3.63) is 29.8 Å². The molecule has 0 saturated carbocycles. The van der Waals surface area contributed by atoms with Crippen molar-refractivity contribution in [2.75, 3.05) is 24.9 Å². The van der Waals surface area contributed by atoms with Crippen molar-refractivity contribution in [2.24, 2.45) is 0 Å². The van der Waals surface area contributed by atoms with Gasteiger partial charge in [-0.3, -0.25) is 4.72 Å². The highest BCUT2D eigenvalue weighted by atomic mass is 32.2. The second-order valence-electron chi connectivity index (χ2n) is 5.11. The van der Waals surface area contributed by atoms with Crippen LogP contribution >= 0.6 is 0 Å². The molecule has 0 atom stereocenters. The summed E-state index contributed by atoms with van der Waals surface area (Å²) in [6.07, 6.45) is 4.11. The zero-order valence-corrected chi connectivity index (χ0v) is 12.7. The second kappa shape index (κ2) is 7.06. The van der Waals surface area contributed by atoms with Crippen LogP contribution in [0.3, 0.4) is 0 Å². The molecule has 5 nitrogen and oxygen atoms in total. The van der Waals surface area contributed by atoms with Crippen LogP contribution in [0.1, 0.15) is 31.2 Å². The van der Waals surface area contributed by atoms with Gasteiger partial charge in [0.05, 0.1) is 5.69 Å². The monoisotopic (exact) mass is 297 g/mol. The van der Waals surface area contributed by atoms with Gasteiger partial charge < -0.3 is 5.32 Å². The zero-order valence-electron chi connectivity index (χ0n) is 11.9. The number of hydrogen-bond acceptors (Lipinski definition) is 3. The third kappa shape index (κ3) is 3.94. The van der Waals surface area contributed by atoms with E-state index >= 15 is 0 Å². The van der Waals surface area contributed by atoms with Crippen molar-refractivity contribution in [1.82, 2.24) is 9.62 Å². The Labute approximate surface area is 121 Å². The largest absolute Gasteiger partial charge is 0.316 e. The minimum Gasteiger partial charge on any atom is -0.316 e. The van der Waals surface area contributed by atoms with Crippen LogP contribution in [0.25, 0.3) is 0 Å². The van der Waals surface area contributed by atoms with Gasteiger partial charge in [-0.2, -0.15) is 12.7 Å². The van der Waals surface area contributed by atoms with Gasteiger partial charge in [-0.25, -0.2) is 0 Å². The standard InChI is InChI=1S/C14H23N3O2S/c1-15-12-13-8-4-5-9-14(13)16-20(18,19)17-10-6-2-3-7-11-17/h4-5,8-9,15-16H,2-3,6-7,10-12H2,1H3. The zero-order chi connectivity index (χ0) is 14.4. The molecule has 0 aliphatic carbocycles. The molecular weight excluding hydrogens is 274 g/mol. The number of rotatable bonds is 5. The number of nitrogens with one attached hydrogen (secondary N) is 2. The Morgan fingerprint density at radius 1 is 1.10 bits per heavy atom. The molecule has 1 aliphatic rings. The van der Waals surface area contributed by atoms with Gasteiger partial charge in [-0.05, 0) is 31.5 Å². The van der Waals surface area contributed by atoms with Crippen LogP contribution in [-0.2, 0) is 16.8 Å². The minimum absolute atomic E-state index is 0.615. The molecule has 2 N–H and O–H groups in total. The Bertz CT molecular complexity index is 523. The molecule has 1 saturated heterocycles. The van der Waals surface area contributed by atoms with Crippen molar-refractivity contribution in [3.63, 3.8) is 0 Å². The van der Waals surface area contributed by atoms with Crippen LogP contribution in [0.5, 0.6) is 0 Å². The SMILES string of the molecule is CNCc1ccccc1NS(=O)(=O)N1CCCCCC1. The molecule has 0 radical (unpaired) electrons. The molecule has 0 spiro atoms. The lowest BCUT2D eigenvalue weighted by Gasteiger charge is -2.21. The highest BCUT2D eigenvalue weighted by Gasteiger charge is 2.23. The van der Waals surface area contributed by atoms with E-state index in [1.54, 1.807) is 4.31 Å². The van der Waals surface area contributed by atoms with E-state index in [0.29, 0.717) is 25.3 Å². The number of anilines is 1. The van der Waals surface area contributed by atoms with Crippen molar-refractivity contribution < 1.29 is 8.42 Å². The van der Waals surface area contributed by atoms with Crippen LogP contribution in [0.4, 0.5) is 5.69 Å². The Morgan fingerprint density at radius 3 is 2.40 bits per heavy atom. The van der Waals surface area contributed by atoms with E-state index < -0.39 is 10.2 Å². The van der Waals surface area contributed by atoms with Gasteiger partial charge in [0, 0.05) is 19.6 Å². The van der Waals surface area contributed by atoms with Crippen molar-refractivity contribution in [3.8, 4) is 0 Å². The fourth-order valence-electron chi connectivity index (χ4n) is 2.45. The summed E-state index contributed by atoms with van der Waals surface area (Å²) < 4.78 is 29.2. The molecule has 1 aliphatic heterocycles. The highest BCUT2D eigenvalue weighted by Crippen LogP contribution is 2.19. The molecule has 0 aromatic heterocycles. The summed E-state index contributed by atoms with van der Waals surface area (Å²) in [4.78, 5) is 0. The summed E-state index contributed by atoms with van der Waals surface area (Å²) >= 11 is 0. The first-order valence-electron chi connectivity index (χ1n) is 7.14. The highest BCUT2D eigenvalue weighted by molar-refractivity contribution is 7.90. The van der Waals surface area contributed by atoms with Gasteiger partial charge in [0.15, 0.2) is 0 Å². The third-order valence-electron chi connectivity index (χ3n) is 3.53. The van der Waals surface area contributed by atoms with Crippen LogP contribution in [-0.4, -0.2) is 32.9 Å². The van der Waals surface area contributed by atoms with Crippen molar-refractivity contribution >= 4 is 15.9 Å². The maximum Gasteiger partial charge on any atom is 0.301 e. The molecule has 0 unspecified atom stereocenters. The van der Waals surface area contributed by atoms with Gasteiger partial charge in [-0.15, -0.1) is 0 Å². The lowest BCUT2D eigenvalue weighted by molar-refractivity contribution is 0.427. The number of nitrogens with zero attached hydrogens (tertiary/aromatic N) is 1. The fourth-order valence-corrected chi connectivity index (χ4v) is 3.80. The van der Waals surface area contributed by atoms with Crippen LogP contribution in [0, 0.1) is 0 Å². The number of benzene rings is 1. The first-order valence-corrected chi connectivity index (χ1v) is 8.58. The van der Waals surface area contributed by atoms with E-state index in [1.165, 1.54) is 0 Å². The topological polar surface area (TPSA) is 61.4 Å². The quantitative estimate of drug-likeness (QED) is 0.873. The average Bonchev–Trinajstić information content (AvgIpc) is 2.70. The van der Waals surface area contributed by atoms with E-state index in [2.05, 4.69) is 10.0 Å². The Hall–Kier alpha value is -1.11. The van der Waals surface area contributed by atoms with Crippen LogP contribution in [0.2, 0.25) is 0 Å². The maximum atomic E-state index is 12.5. The predicted molar refractivity (Wildman–Crippen MR) is 81.8 cm³/mol. The molecule has 1 aromatic carbocycles. The minimum atomic E-state index is -3.44. The van der Waals surface area contributed by atoms with Gasteiger partial charge in [0.25, 0.3) is 0 Å². The third-order valence-corrected chi connectivity index (χ3v) is 5.05. The van der Waals surface area contributed by atoms with Gasteiger partial charge in [-0.1, -0.05) is 31.0 Å². The lowest BCUT2D eigenvalue weighted by Crippen LogP contribution is -2.36. The Kier molecular flexibility index (Phi) is 5.39. The molecule has 0 bridgehead atoms. The fraction of sp³-hybridized carbons (Fsp3) is 0.571. The summed E-state index contributed by atoms with van der Waals surface area (Å²) in [5.41, 5.74) is 1.61. The number of hydrogen-bond donors (Lipinski definition) is 2. The normalized spacial score (nSPS) is 17.6. The molecule has 6 heteroatoms. The van der Waals surface area contributed by atoms with Gasteiger partial charge in [0.2, 0.25) is 0 Å². The molecule has 1 heterocycles. The van der Waals surface area contributed by atoms with E-state index in [0.717, 1.165) is 31.2 Å². The van der Waals surface area contributed by atoms with Crippen molar-refractivity contribution in [1.29, 1.82) is 0 Å². The van der Waals surface area contributed by atoms with Crippen LogP contribution < -0.4 is 10.0 Å². The first kappa shape index (κ1) is 15.3. The van der Waals surface area contributed by atoms with E-state index in [-0.39, 0.29) is 0 Å². The van der Waals surface area contributed by atoms with Crippen molar-refractivity contribution in [2.45, 2.75) is 32.2 Å². The Balaban J connectivity index is 2.15. The lowest BCUT2D eigenvalue weighted by atomic mass is 10.2. The van der Waals surface area contributed by atoms with Crippen LogP contribution in [0.15, 0.2) is 24.3 Å². The maximum absolute atomic E-state index is 12.5. The van der Waals surface area contributed by atoms with E-state index in [9.17, 15) is 8.42 Å². The molecule has 2 rings (SSSR count). The first-order chi connectivity index (χ1) is 9.63. The van der Waals surface area contributed by atoms with Gasteiger partial charge in [0.1, 0.15) is 0 Å². The summed E-state index contributed by atoms with van der Waals surface area (Å²) in [5, 5.41) is 3.05. The molecule has 0 amide bonds. The summed E-state index contributed by atoms with van der Waals surface area (Å²) in [6.45, 7) is 1.87. The van der Waals surface area contributed by atoms with Gasteiger partial charge >= 0.3 is 10.2 Å². The predicted octanol–water partition coefficient (Wildman–Crippen LogP) is 1.94. The molecule has 20 heavy (non-hydrogen) atoms. The Morgan fingerprint density at radius 2 is 1.75 bits per heavy atom. The van der Waals surface area contributed by atoms with E-state index in [1.807, 2.05) is 31.3 Å².